The second-order valence-corrected chi connectivity index (χ2v) is 5.07. The molecule has 0 aliphatic carbocycles. The van der Waals surface area contributed by atoms with Crippen LogP contribution >= 0.6 is 0 Å². The van der Waals surface area contributed by atoms with E-state index >= 15 is 0 Å². The summed E-state index contributed by atoms with van der Waals surface area (Å²) in [6, 6.07) is 10.6. The number of esters is 1. The summed E-state index contributed by atoms with van der Waals surface area (Å²) in [6.07, 6.45) is 0.595. The molecule has 0 spiro atoms. The molecule has 5 heteroatoms. The van der Waals surface area contributed by atoms with Gasteiger partial charge in [0.05, 0.1) is 11.3 Å². The maximum Gasteiger partial charge on any atom is 0.335 e. The Morgan fingerprint density at radius 2 is 1.95 bits per heavy atom. The molecule has 1 N–H and O–H groups in total. The summed E-state index contributed by atoms with van der Waals surface area (Å²) in [7, 11) is 0. The number of aromatic nitrogens is 1. The highest BCUT2D eigenvalue weighted by Gasteiger charge is 2.06. The highest BCUT2D eigenvalue weighted by molar-refractivity contribution is 5.87. The Kier molecular flexibility index (Phi) is 4.88. The third-order valence-electron chi connectivity index (χ3n) is 3.07. The second-order valence-electron chi connectivity index (χ2n) is 5.07. The van der Waals surface area contributed by atoms with Crippen molar-refractivity contribution >= 4 is 11.9 Å². The van der Waals surface area contributed by atoms with Gasteiger partial charge in [0.25, 0.3) is 0 Å². The van der Waals surface area contributed by atoms with Gasteiger partial charge < -0.3 is 9.84 Å². The lowest BCUT2D eigenvalue weighted by molar-refractivity contribution is -0.142. The lowest BCUT2D eigenvalue weighted by Crippen LogP contribution is -2.03. The predicted molar refractivity (Wildman–Crippen MR) is 80.7 cm³/mol. The van der Waals surface area contributed by atoms with E-state index < -0.39 is 5.97 Å². The molecule has 0 saturated carbocycles. The molecule has 5 nitrogen and oxygen atoms in total. The van der Waals surface area contributed by atoms with Gasteiger partial charge >= 0.3 is 11.9 Å². The van der Waals surface area contributed by atoms with Crippen molar-refractivity contribution in [3.05, 3.63) is 64.5 Å². The maximum absolute atomic E-state index is 11.0. The van der Waals surface area contributed by atoms with Crippen LogP contribution in [0, 0.1) is 6.92 Å². The Balaban J connectivity index is 2.20. The number of aromatic carboxylic acids is 1. The van der Waals surface area contributed by atoms with Crippen molar-refractivity contribution in [3.8, 4) is 0 Å². The van der Waals surface area contributed by atoms with Gasteiger partial charge in [-0.15, -0.1) is 0 Å². The minimum atomic E-state index is -0.941. The van der Waals surface area contributed by atoms with Crippen molar-refractivity contribution in [1.29, 1.82) is 0 Å². The molecular formula is C17H17NO4. The number of carbonyl (C=O) groups excluding carboxylic acids is 1. The first kappa shape index (κ1) is 15.7. The van der Waals surface area contributed by atoms with E-state index in [0.717, 1.165) is 16.8 Å². The van der Waals surface area contributed by atoms with Gasteiger partial charge in [-0.2, -0.15) is 0 Å². The minimum absolute atomic E-state index is 0.138. The van der Waals surface area contributed by atoms with Crippen LogP contribution in [0.25, 0.3) is 0 Å². The van der Waals surface area contributed by atoms with Gasteiger partial charge in [0.2, 0.25) is 0 Å². The van der Waals surface area contributed by atoms with E-state index in [-0.39, 0.29) is 18.1 Å². The standard InChI is InChI=1S/C17H17NO4/c1-11-6-14(9-16(18-11)10-22-12(2)19)7-13-4-3-5-15(8-13)17(20)21/h3-6,8-9H,7,10H2,1-2H3,(H,20,21). The summed E-state index contributed by atoms with van der Waals surface area (Å²) in [5, 5.41) is 9.03. The fourth-order valence-electron chi connectivity index (χ4n) is 2.22. The Morgan fingerprint density at radius 3 is 2.64 bits per heavy atom. The van der Waals surface area contributed by atoms with E-state index in [1.54, 1.807) is 18.2 Å². The SMILES string of the molecule is CC(=O)OCc1cc(Cc2cccc(C(=O)O)c2)cc(C)n1. The van der Waals surface area contributed by atoms with Crippen LogP contribution in [0.3, 0.4) is 0 Å². The van der Waals surface area contributed by atoms with E-state index in [1.807, 2.05) is 25.1 Å². The first-order valence-corrected chi connectivity index (χ1v) is 6.86. The average Bonchev–Trinajstić information content (AvgIpc) is 2.45. The van der Waals surface area contributed by atoms with Gasteiger partial charge in [0.1, 0.15) is 6.61 Å². The normalized spacial score (nSPS) is 10.3. The van der Waals surface area contributed by atoms with Gasteiger partial charge in [0, 0.05) is 12.6 Å². The minimum Gasteiger partial charge on any atom is -0.478 e. The number of hydrogen-bond donors (Lipinski definition) is 1. The number of rotatable bonds is 5. The summed E-state index contributed by atoms with van der Waals surface area (Å²) in [6.45, 7) is 3.36. The zero-order valence-electron chi connectivity index (χ0n) is 12.5. The number of carboxylic acids is 1. The van der Waals surface area contributed by atoms with Crippen LogP contribution in [-0.2, 0) is 22.6 Å². The number of carbonyl (C=O) groups is 2. The molecule has 0 atom stereocenters. The van der Waals surface area contributed by atoms with Crippen molar-refractivity contribution in [2.24, 2.45) is 0 Å². The van der Waals surface area contributed by atoms with Crippen LogP contribution in [0.15, 0.2) is 36.4 Å². The van der Waals surface area contributed by atoms with E-state index in [2.05, 4.69) is 4.98 Å². The molecule has 1 heterocycles. The molecular weight excluding hydrogens is 282 g/mol. The van der Waals surface area contributed by atoms with Crippen LogP contribution in [0.1, 0.15) is 39.8 Å². The van der Waals surface area contributed by atoms with Crippen LogP contribution in [0.2, 0.25) is 0 Å². The van der Waals surface area contributed by atoms with Crippen LogP contribution in [0.5, 0.6) is 0 Å². The molecule has 22 heavy (non-hydrogen) atoms. The van der Waals surface area contributed by atoms with Crippen molar-refractivity contribution in [2.45, 2.75) is 26.9 Å². The van der Waals surface area contributed by atoms with Crippen LogP contribution in [-0.4, -0.2) is 22.0 Å². The summed E-state index contributed by atoms with van der Waals surface area (Å²) < 4.78 is 4.96. The number of hydrogen-bond acceptors (Lipinski definition) is 4. The predicted octanol–water partition coefficient (Wildman–Crippen LogP) is 2.74. The monoisotopic (exact) mass is 299 g/mol. The number of pyridine rings is 1. The Labute approximate surface area is 128 Å². The van der Waals surface area contributed by atoms with Gasteiger partial charge in [-0.25, -0.2) is 4.79 Å². The lowest BCUT2D eigenvalue weighted by atomic mass is 10.0. The first-order chi connectivity index (χ1) is 10.4. The Morgan fingerprint density at radius 1 is 1.18 bits per heavy atom. The molecule has 1 aromatic carbocycles. The Hall–Kier alpha value is -2.69. The lowest BCUT2D eigenvalue weighted by Gasteiger charge is -2.08. The van der Waals surface area contributed by atoms with Crippen molar-refractivity contribution in [2.75, 3.05) is 0 Å². The summed E-state index contributed by atoms with van der Waals surface area (Å²) >= 11 is 0. The quantitative estimate of drug-likeness (QED) is 0.859. The van der Waals surface area contributed by atoms with E-state index in [4.69, 9.17) is 9.84 Å². The maximum atomic E-state index is 11.0. The van der Waals surface area contributed by atoms with Crippen LogP contribution in [0.4, 0.5) is 0 Å². The largest absolute Gasteiger partial charge is 0.478 e. The van der Waals surface area contributed by atoms with E-state index in [9.17, 15) is 9.59 Å². The number of ether oxygens (including phenoxy) is 1. The van der Waals surface area contributed by atoms with Gasteiger partial charge in [0.15, 0.2) is 0 Å². The molecule has 0 saturated heterocycles. The van der Waals surface area contributed by atoms with Gasteiger partial charge in [-0.05, 0) is 48.7 Å². The first-order valence-electron chi connectivity index (χ1n) is 6.86. The third kappa shape index (κ3) is 4.41. The molecule has 0 amide bonds. The topological polar surface area (TPSA) is 76.5 Å². The molecule has 1 aromatic heterocycles. The molecule has 0 aliphatic heterocycles. The average molecular weight is 299 g/mol. The molecule has 0 unspecified atom stereocenters. The molecule has 0 aliphatic rings. The Bertz CT molecular complexity index is 710. The van der Waals surface area contributed by atoms with E-state index in [0.29, 0.717) is 12.1 Å². The van der Waals surface area contributed by atoms with Gasteiger partial charge in [-0.1, -0.05) is 12.1 Å². The number of nitrogens with zero attached hydrogens (tertiary/aromatic N) is 1. The molecule has 114 valence electrons. The smallest absolute Gasteiger partial charge is 0.335 e. The number of benzene rings is 1. The fraction of sp³-hybridized carbons (Fsp3) is 0.235. The zero-order valence-corrected chi connectivity index (χ0v) is 12.5. The van der Waals surface area contributed by atoms with Crippen LogP contribution < -0.4 is 0 Å². The molecule has 0 radical (unpaired) electrons. The molecule has 0 bridgehead atoms. The molecule has 0 fully saturated rings. The number of carboxylic acid groups (broad SMARTS) is 1. The van der Waals surface area contributed by atoms with Gasteiger partial charge in [-0.3, -0.25) is 9.78 Å². The third-order valence-corrected chi connectivity index (χ3v) is 3.07. The van der Waals surface area contributed by atoms with Crippen molar-refractivity contribution in [1.82, 2.24) is 4.98 Å². The van der Waals surface area contributed by atoms with E-state index in [1.165, 1.54) is 6.92 Å². The molecule has 2 aromatic rings. The summed E-state index contributed by atoms with van der Waals surface area (Å²) in [5.41, 5.74) is 3.68. The fourth-order valence-corrected chi connectivity index (χ4v) is 2.22. The number of aryl methyl sites for hydroxylation is 1. The zero-order chi connectivity index (χ0) is 16.1. The highest BCUT2D eigenvalue weighted by Crippen LogP contribution is 2.14. The second kappa shape index (κ2) is 6.85. The summed E-state index contributed by atoms with van der Waals surface area (Å²) in [4.78, 5) is 26.2. The molecule has 2 rings (SSSR count). The summed E-state index contributed by atoms with van der Waals surface area (Å²) in [5.74, 6) is -1.29. The van der Waals surface area contributed by atoms with Crippen molar-refractivity contribution in [3.63, 3.8) is 0 Å². The van der Waals surface area contributed by atoms with Crippen molar-refractivity contribution < 1.29 is 19.4 Å². The highest BCUT2D eigenvalue weighted by atomic mass is 16.5.